The molecule has 0 aliphatic rings. The van der Waals surface area contributed by atoms with Crippen molar-refractivity contribution in [3.05, 3.63) is 65.2 Å². The summed E-state index contributed by atoms with van der Waals surface area (Å²) in [6.45, 7) is 1.86. The van der Waals surface area contributed by atoms with Crippen LogP contribution in [0.25, 0.3) is 0 Å². The fraction of sp³-hybridized carbons (Fsp3) is 0.0667. The van der Waals surface area contributed by atoms with Crippen LogP contribution in [0.2, 0.25) is 5.02 Å². The van der Waals surface area contributed by atoms with Gasteiger partial charge in [0, 0.05) is 27.8 Å². The topological polar surface area (TPSA) is 49.3 Å². The summed E-state index contributed by atoms with van der Waals surface area (Å²) in [6, 6.07) is 15.9. The fourth-order valence-corrected chi connectivity index (χ4v) is 1.56. The maximum Gasteiger partial charge on any atom is 0.335 e. The van der Waals surface area contributed by atoms with Crippen molar-refractivity contribution in [1.82, 2.24) is 0 Å². The van der Waals surface area contributed by atoms with Crippen LogP contribution in [0.15, 0.2) is 54.6 Å². The number of carbonyl (C=O) groups is 1. The molecule has 2 aromatic rings. The number of carboxylic acids is 1. The summed E-state index contributed by atoms with van der Waals surface area (Å²) in [4.78, 5) is 11.1. The van der Waals surface area contributed by atoms with E-state index in [0.29, 0.717) is 5.02 Å². The summed E-state index contributed by atoms with van der Waals surface area (Å²) in [5.41, 5.74) is 1.31. The molecule has 0 aliphatic heterocycles. The smallest absolute Gasteiger partial charge is 0.335 e. The van der Waals surface area contributed by atoms with E-state index >= 15 is 0 Å². The second-order valence-corrected chi connectivity index (χ2v) is 4.91. The van der Waals surface area contributed by atoms with Gasteiger partial charge in [0.1, 0.15) is 0 Å². The molecule has 2 aromatic carbocycles. The van der Waals surface area contributed by atoms with Crippen molar-refractivity contribution in [3.63, 3.8) is 0 Å². The van der Waals surface area contributed by atoms with E-state index in [1.807, 2.05) is 37.3 Å². The Bertz CT molecular complexity index is 576. The monoisotopic (exact) mass is 370 g/mol. The minimum atomic E-state index is -0.934. The SMILES string of the molecule is CC(=S)Nc1ccccc1.O=C(O)c1ccc(Cl)cc1.[Cu]. The second kappa shape index (κ2) is 10.4. The van der Waals surface area contributed by atoms with E-state index in [4.69, 9.17) is 28.9 Å². The number of hydrogen-bond donors (Lipinski definition) is 2. The zero-order valence-corrected chi connectivity index (χ0v) is 13.7. The van der Waals surface area contributed by atoms with Crippen LogP contribution in [-0.2, 0) is 17.1 Å². The van der Waals surface area contributed by atoms with Gasteiger partial charge in [-0.25, -0.2) is 4.79 Å². The van der Waals surface area contributed by atoms with Crippen molar-refractivity contribution >= 4 is 40.5 Å². The molecule has 0 saturated carbocycles. The minimum Gasteiger partial charge on any atom is -0.478 e. The first-order chi connectivity index (χ1) is 9.49. The van der Waals surface area contributed by atoms with Crippen LogP contribution >= 0.6 is 23.8 Å². The third-order valence-electron chi connectivity index (χ3n) is 2.19. The third kappa shape index (κ3) is 8.48. The molecule has 6 heteroatoms. The first-order valence-corrected chi connectivity index (χ1v) is 6.59. The number of anilines is 1. The molecular formula is C15H14ClCuNO2S. The van der Waals surface area contributed by atoms with Crippen LogP contribution in [0.5, 0.6) is 0 Å². The Labute approximate surface area is 144 Å². The Kier molecular flexibility index (Phi) is 9.67. The molecule has 3 nitrogen and oxygen atoms in total. The average molecular weight is 371 g/mol. The van der Waals surface area contributed by atoms with E-state index in [1.165, 1.54) is 12.1 Å². The molecule has 0 atom stereocenters. The van der Waals surface area contributed by atoms with Crippen molar-refractivity contribution in [2.24, 2.45) is 0 Å². The minimum absolute atomic E-state index is 0. The molecule has 1 radical (unpaired) electrons. The summed E-state index contributed by atoms with van der Waals surface area (Å²) in [6.07, 6.45) is 0. The van der Waals surface area contributed by atoms with Gasteiger partial charge in [0.25, 0.3) is 0 Å². The number of hydrogen-bond acceptors (Lipinski definition) is 2. The molecule has 0 spiro atoms. The standard InChI is InChI=1S/C8H9NS.C7H5ClO2.Cu/c1-7(10)9-8-5-3-2-4-6-8;8-6-3-1-5(2-4-6)7(9)10;/h2-6H,1H3,(H,9,10);1-4H,(H,9,10);. The Morgan fingerprint density at radius 2 is 1.62 bits per heavy atom. The molecule has 0 saturated heterocycles. The van der Waals surface area contributed by atoms with Gasteiger partial charge in [-0.05, 0) is 43.3 Å². The number of nitrogens with one attached hydrogen (secondary N) is 1. The van der Waals surface area contributed by atoms with E-state index in [1.54, 1.807) is 12.1 Å². The van der Waals surface area contributed by atoms with Gasteiger partial charge in [-0.3, -0.25) is 0 Å². The number of benzene rings is 2. The van der Waals surface area contributed by atoms with Crippen LogP contribution in [0.1, 0.15) is 17.3 Å². The number of aromatic carboxylic acids is 1. The van der Waals surface area contributed by atoms with Gasteiger partial charge >= 0.3 is 5.97 Å². The van der Waals surface area contributed by atoms with Gasteiger partial charge in [-0.15, -0.1) is 0 Å². The van der Waals surface area contributed by atoms with E-state index in [-0.39, 0.29) is 22.6 Å². The van der Waals surface area contributed by atoms with Gasteiger partial charge < -0.3 is 10.4 Å². The van der Waals surface area contributed by atoms with Gasteiger partial charge in [0.15, 0.2) is 0 Å². The summed E-state index contributed by atoms with van der Waals surface area (Å²) >= 11 is 10.4. The number of carboxylic acid groups (broad SMARTS) is 1. The van der Waals surface area contributed by atoms with Crippen LogP contribution < -0.4 is 5.32 Å². The van der Waals surface area contributed by atoms with Crippen LogP contribution in [0.4, 0.5) is 5.69 Å². The Balaban J connectivity index is 0.000000364. The van der Waals surface area contributed by atoms with Crippen molar-refractivity contribution in [2.75, 3.05) is 5.32 Å². The van der Waals surface area contributed by atoms with Crippen molar-refractivity contribution in [1.29, 1.82) is 0 Å². The quantitative estimate of drug-likeness (QED) is 0.604. The number of halogens is 1. The predicted molar refractivity (Wildman–Crippen MR) is 86.7 cm³/mol. The molecule has 0 aliphatic carbocycles. The van der Waals surface area contributed by atoms with E-state index in [0.717, 1.165) is 10.7 Å². The van der Waals surface area contributed by atoms with Crippen molar-refractivity contribution in [2.45, 2.75) is 6.92 Å². The van der Waals surface area contributed by atoms with E-state index in [9.17, 15) is 4.79 Å². The van der Waals surface area contributed by atoms with Crippen LogP contribution in [-0.4, -0.2) is 16.1 Å². The molecule has 115 valence electrons. The molecular weight excluding hydrogens is 357 g/mol. The first-order valence-electron chi connectivity index (χ1n) is 5.80. The van der Waals surface area contributed by atoms with Gasteiger partial charge in [-0.2, -0.15) is 0 Å². The molecule has 0 fully saturated rings. The normalized spacial score (nSPS) is 8.67. The average Bonchev–Trinajstić information content (AvgIpc) is 2.40. The Hall–Kier alpha value is -1.39. The molecule has 2 rings (SSSR count). The summed E-state index contributed by atoms with van der Waals surface area (Å²) < 4.78 is 0. The summed E-state index contributed by atoms with van der Waals surface area (Å²) in [5.74, 6) is -0.934. The zero-order chi connectivity index (χ0) is 15.0. The van der Waals surface area contributed by atoms with Gasteiger partial charge in [0.2, 0.25) is 0 Å². The van der Waals surface area contributed by atoms with E-state index < -0.39 is 5.97 Å². The summed E-state index contributed by atoms with van der Waals surface area (Å²) in [7, 11) is 0. The maximum atomic E-state index is 10.3. The van der Waals surface area contributed by atoms with Gasteiger partial charge in [0.05, 0.1) is 10.6 Å². The van der Waals surface area contributed by atoms with Crippen molar-refractivity contribution in [3.8, 4) is 0 Å². The number of rotatable bonds is 2. The second-order valence-electron chi connectivity index (χ2n) is 3.86. The number of thiocarbonyl (C=S) groups is 1. The predicted octanol–water partition coefficient (Wildman–Crippen LogP) is 4.48. The molecule has 0 aromatic heterocycles. The molecule has 21 heavy (non-hydrogen) atoms. The molecule has 0 amide bonds. The molecule has 0 bridgehead atoms. The van der Waals surface area contributed by atoms with Crippen LogP contribution in [0.3, 0.4) is 0 Å². The van der Waals surface area contributed by atoms with Crippen molar-refractivity contribution < 1.29 is 27.0 Å². The number of para-hydroxylation sites is 1. The molecule has 0 unspecified atom stereocenters. The largest absolute Gasteiger partial charge is 0.478 e. The van der Waals surface area contributed by atoms with Gasteiger partial charge in [-0.1, -0.05) is 42.0 Å². The Morgan fingerprint density at radius 3 is 2.05 bits per heavy atom. The molecule has 0 heterocycles. The first kappa shape index (κ1) is 19.6. The van der Waals surface area contributed by atoms with E-state index in [2.05, 4.69) is 5.32 Å². The summed E-state index contributed by atoms with van der Waals surface area (Å²) in [5, 5.41) is 12.0. The van der Waals surface area contributed by atoms with Crippen LogP contribution in [0, 0.1) is 0 Å². The Morgan fingerprint density at radius 1 is 1.10 bits per heavy atom. The molecule has 2 N–H and O–H groups in total. The maximum absolute atomic E-state index is 10.3. The fourth-order valence-electron chi connectivity index (χ4n) is 1.32. The zero-order valence-electron chi connectivity index (χ0n) is 11.1. The third-order valence-corrected chi connectivity index (χ3v) is 2.54.